The van der Waals surface area contributed by atoms with Gasteiger partial charge in [0.05, 0.1) is 19.7 Å². The summed E-state index contributed by atoms with van der Waals surface area (Å²) in [5.41, 5.74) is 2.63. The number of hydrogen-bond acceptors (Lipinski definition) is 4. The van der Waals surface area contributed by atoms with Gasteiger partial charge in [-0.25, -0.2) is 4.39 Å². The average Bonchev–Trinajstić information content (AvgIpc) is 3.11. The molecule has 1 aromatic heterocycles. The Morgan fingerprint density at radius 3 is 2.35 bits per heavy atom. The molecule has 1 amide bonds. The Morgan fingerprint density at radius 1 is 1.06 bits per heavy atom. The van der Waals surface area contributed by atoms with Crippen LogP contribution in [-0.2, 0) is 13.6 Å². The quantitative estimate of drug-likeness (QED) is 0.654. The van der Waals surface area contributed by atoms with Crippen molar-refractivity contribution in [1.29, 1.82) is 0 Å². The predicted molar refractivity (Wildman–Crippen MR) is 118 cm³/mol. The molecule has 0 unspecified atom stereocenters. The van der Waals surface area contributed by atoms with E-state index < -0.39 is 0 Å². The van der Waals surface area contributed by atoms with E-state index in [0.717, 1.165) is 48.9 Å². The number of aryl methyl sites for hydroxylation is 1. The Labute approximate surface area is 181 Å². The van der Waals surface area contributed by atoms with Crippen LogP contribution in [0, 0.1) is 5.82 Å². The zero-order chi connectivity index (χ0) is 22.0. The first-order valence-corrected chi connectivity index (χ1v) is 10.5. The Hall–Kier alpha value is -3.06. The molecule has 31 heavy (non-hydrogen) atoms. The summed E-state index contributed by atoms with van der Waals surface area (Å²) >= 11 is 0. The van der Waals surface area contributed by atoms with E-state index in [1.165, 1.54) is 12.1 Å². The fourth-order valence-electron chi connectivity index (χ4n) is 4.22. The Balaban J connectivity index is 1.39. The predicted octanol–water partition coefficient (Wildman–Crippen LogP) is 3.73. The van der Waals surface area contributed by atoms with Gasteiger partial charge in [-0.2, -0.15) is 0 Å². The molecule has 0 spiro atoms. The van der Waals surface area contributed by atoms with Crippen molar-refractivity contribution in [2.24, 2.45) is 7.05 Å². The second-order valence-electron chi connectivity index (χ2n) is 8.00. The van der Waals surface area contributed by atoms with E-state index >= 15 is 0 Å². The lowest BCUT2D eigenvalue weighted by atomic mass is 10.0. The minimum atomic E-state index is -0.213. The molecule has 1 aliphatic rings. The van der Waals surface area contributed by atoms with Crippen LogP contribution in [0.4, 0.5) is 4.39 Å². The molecule has 2 heterocycles. The van der Waals surface area contributed by atoms with Gasteiger partial charge >= 0.3 is 0 Å². The number of benzene rings is 2. The number of rotatable bonds is 6. The van der Waals surface area contributed by atoms with Gasteiger partial charge in [0.2, 0.25) is 0 Å². The van der Waals surface area contributed by atoms with E-state index in [4.69, 9.17) is 9.47 Å². The summed E-state index contributed by atoms with van der Waals surface area (Å²) in [7, 11) is 5.08. The van der Waals surface area contributed by atoms with Crippen LogP contribution in [0.15, 0.2) is 42.5 Å². The summed E-state index contributed by atoms with van der Waals surface area (Å²) in [4.78, 5) is 15.3. The first kappa shape index (κ1) is 21.2. The Morgan fingerprint density at radius 2 is 1.71 bits per heavy atom. The van der Waals surface area contributed by atoms with Crippen LogP contribution in [0.3, 0.4) is 0 Å². The van der Waals surface area contributed by atoms with Crippen molar-refractivity contribution in [1.82, 2.24) is 14.8 Å². The van der Waals surface area contributed by atoms with Crippen molar-refractivity contribution in [2.75, 3.05) is 27.3 Å². The molecule has 6 nitrogen and oxygen atoms in total. The maximum Gasteiger partial charge on any atom is 0.268 e. The second kappa shape index (κ2) is 8.98. The molecule has 0 saturated carbocycles. The van der Waals surface area contributed by atoms with E-state index in [0.29, 0.717) is 17.2 Å². The summed E-state index contributed by atoms with van der Waals surface area (Å²) in [6.45, 7) is 2.59. The molecule has 1 aliphatic heterocycles. The molecule has 3 aromatic rings. The summed E-state index contributed by atoms with van der Waals surface area (Å²) in [6.07, 6.45) is 1.77. The van der Waals surface area contributed by atoms with E-state index in [1.54, 1.807) is 14.2 Å². The highest BCUT2D eigenvalue weighted by Gasteiger charge is 2.23. The number of nitrogens with one attached hydrogen (secondary N) is 1. The van der Waals surface area contributed by atoms with Crippen LogP contribution in [0.25, 0.3) is 10.9 Å². The number of piperidine rings is 1. The molecule has 0 aliphatic carbocycles. The van der Waals surface area contributed by atoms with Gasteiger partial charge < -0.3 is 19.4 Å². The van der Waals surface area contributed by atoms with Crippen LogP contribution in [0.2, 0.25) is 0 Å². The average molecular weight is 426 g/mol. The van der Waals surface area contributed by atoms with E-state index in [2.05, 4.69) is 10.2 Å². The Kier molecular flexibility index (Phi) is 6.13. The standard InChI is InChI=1S/C24H28FN3O3/c1-27-20-14-23(31-3)22(30-2)13-17(20)12-21(27)24(29)26-19-8-10-28(11-9-19)15-16-4-6-18(25)7-5-16/h4-7,12-14,19H,8-11,15H2,1-3H3,(H,26,29). The second-order valence-corrected chi connectivity index (χ2v) is 8.00. The smallest absolute Gasteiger partial charge is 0.268 e. The normalized spacial score (nSPS) is 15.2. The van der Waals surface area contributed by atoms with E-state index in [-0.39, 0.29) is 17.8 Å². The molecule has 0 radical (unpaired) electrons. The third-order valence-corrected chi connectivity index (χ3v) is 6.02. The number of carbonyl (C=O) groups excluding carboxylic acids is 1. The number of hydrogen-bond donors (Lipinski definition) is 1. The summed E-state index contributed by atoms with van der Waals surface area (Å²) in [6, 6.07) is 12.4. The minimum Gasteiger partial charge on any atom is -0.493 e. The van der Waals surface area contributed by atoms with Gasteiger partial charge in [-0.05, 0) is 42.7 Å². The summed E-state index contributed by atoms with van der Waals surface area (Å²) in [5, 5.41) is 4.12. The number of fused-ring (bicyclic) bond motifs is 1. The molecular weight excluding hydrogens is 397 g/mol. The van der Waals surface area contributed by atoms with Gasteiger partial charge in [-0.1, -0.05) is 12.1 Å². The third kappa shape index (κ3) is 4.51. The molecular formula is C24H28FN3O3. The van der Waals surface area contributed by atoms with E-state index in [1.807, 2.05) is 41.9 Å². The number of amides is 1. The lowest BCUT2D eigenvalue weighted by Crippen LogP contribution is -2.44. The van der Waals surface area contributed by atoms with Crippen molar-refractivity contribution in [3.05, 3.63) is 59.5 Å². The van der Waals surface area contributed by atoms with Crippen LogP contribution in [-0.4, -0.2) is 48.7 Å². The Bertz CT molecular complexity index is 1070. The topological polar surface area (TPSA) is 55.7 Å². The zero-order valence-electron chi connectivity index (χ0n) is 18.2. The first-order valence-electron chi connectivity index (χ1n) is 10.5. The van der Waals surface area contributed by atoms with Gasteiger partial charge in [0.25, 0.3) is 5.91 Å². The van der Waals surface area contributed by atoms with Crippen LogP contribution >= 0.6 is 0 Å². The van der Waals surface area contributed by atoms with Gasteiger partial charge in [0.15, 0.2) is 11.5 Å². The fourth-order valence-corrected chi connectivity index (χ4v) is 4.22. The van der Waals surface area contributed by atoms with Gasteiger partial charge in [0.1, 0.15) is 11.5 Å². The van der Waals surface area contributed by atoms with Crippen LogP contribution < -0.4 is 14.8 Å². The fraction of sp³-hybridized carbons (Fsp3) is 0.375. The monoisotopic (exact) mass is 425 g/mol. The summed E-state index contributed by atoms with van der Waals surface area (Å²) < 4.78 is 25.7. The summed E-state index contributed by atoms with van der Waals surface area (Å²) in [5.74, 6) is 0.988. The zero-order valence-corrected chi connectivity index (χ0v) is 18.2. The van der Waals surface area contributed by atoms with Gasteiger partial charge in [0, 0.05) is 44.2 Å². The maximum absolute atomic E-state index is 13.1. The maximum atomic E-state index is 13.1. The van der Waals surface area contributed by atoms with Crippen molar-refractivity contribution < 1.29 is 18.7 Å². The number of ether oxygens (including phenoxy) is 2. The third-order valence-electron chi connectivity index (χ3n) is 6.02. The molecule has 1 saturated heterocycles. The number of carbonyl (C=O) groups is 1. The van der Waals surface area contributed by atoms with Crippen LogP contribution in [0.1, 0.15) is 28.9 Å². The molecule has 1 N–H and O–H groups in total. The number of halogens is 1. The van der Waals surface area contributed by atoms with Gasteiger partial charge in [-0.3, -0.25) is 9.69 Å². The molecule has 164 valence electrons. The van der Waals surface area contributed by atoms with Crippen molar-refractivity contribution in [3.63, 3.8) is 0 Å². The highest BCUT2D eigenvalue weighted by molar-refractivity contribution is 5.99. The molecule has 0 bridgehead atoms. The minimum absolute atomic E-state index is 0.0754. The SMILES string of the molecule is COc1cc2cc(C(=O)NC3CCN(Cc4ccc(F)cc4)CC3)n(C)c2cc1OC. The largest absolute Gasteiger partial charge is 0.493 e. The van der Waals surface area contributed by atoms with Crippen molar-refractivity contribution in [3.8, 4) is 11.5 Å². The lowest BCUT2D eigenvalue weighted by molar-refractivity contribution is 0.0901. The van der Waals surface area contributed by atoms with Crippen LogP contribution in [0.5, 0.6) is 11.5 Å². The lowest BCUT2D eigenvalue weighted by Gasteiger charge is -2.32. The van der Waals surface area contributed by atoms with Crippen molar-refractivity contribution >= 4 is 16.8 Å². The number of aromatic nitrogens is 1. The molecule has 4 rings (SSSR count). The molecule has 7 heteroatoms. The highest BCUT2D eigenvalue weighted by Crippen LogP contribution is 2.33. The van der Waals surface area contributed by atoms with Crippen molar-refractivity contribution in [2.45, 2.75) is 25.4 Å². The highest BCUT2D eigenvalue weighted by atomic mass is 19.1. The molecule has 0 atom stereocenters. The first-order chi connectivity index (χ1) is 15.0. The molecule has 1 fully saturated rings. The number of nitrogens with zero attached hydrogens (tertiary/aromatic N) is 2. The number of methoxy groups -OCH3 is 2. The number of likely N-dealkylation sites (tertiary alicyclic amines) is 1. The van der Waals surface area contributed by atoms with Gasteiger partial charge in [-0.15, -0.1) is 0 Å². The molecule has 2 aromatic carbocycles. The van der Waals surface area contributed by atoms with E-state index in [9.17, 15) is 9.18 Å².